The summed E-state index contributed by atoms with van der Waals surface area (Å²) in [5.74, 6) is 0.842. The molecule has 0 amide bonds. The van der Waals surface area contributed by atoms with E-state index < -0.39 is 0 Å². The van der Waals surface area contributed by atoms with Crippen LogP contribution in [-0.2, 0) is 6.42 Å². The van der Waals surface area contributed by atoms with Gasteiger partial charge in [0, 0.05) is 12.6 Å². The Bertz CT molecular complexity index is 499. The average molecular weight is 256 g/mol. The highest BCUT2D eigenvalue weighted by atomic mass is 16.5. The van der Waals surface area contributed by atoms with E-state index in [9.17, 15) is 0 Å². The molecule has 0 aromatic heterocycles. The van der Waals surface area contributed by atoms with Gasteiger partial charge in [-0.1, -0.05) is 42.5 Å². The highest BCUT2D eigenvalue weighted by Crippen LogP contribution is 2.24. The number of nitrogens with one attached hydrogen (secondary N) is 1. The van der Waals surface area contributed by atoms with E-state index in [4.69, 9.17) is 10.5 Å². The van der Waals surface area contributed by atoms with E-state index >= 15 is 0 Å². The smallest absolute Gasteiger partial charge is 0.141 e. The lowest BCUT2D eigenvalue weighted by Crippen LogP contribution is -2.31. The maximum absolute atomic E-state index is 5.86. The van der Waals surface area contributed by atoms with Crippen molar-refractivity contribution in [3.05, 3.63) is 60.2 Å². The van der Waals surface area contributed by atoms with Gasteiger partial charge in [0.25, 0.3) is 0 Å². The first-order valence-electron chi connectivity index (χ1n) is 6.47. The second-order valence-corrected chi connectivity index (χ2v) is 4.47. The minimum Gasteiger partial charge on any atom is -0.495 e. The lowest BCUT2D eigenvalue weighted by Gasteiger charge is -2.20. The van der Waals surface area contributed by atoms with Crippen LogP contribution in [0.25, 0.3) is 0 Å². The van der Waals surface area contributed by atoms with Crippen molar-refractivity contribution in [1.29, 1.82) is 0 Å². The molecule has 0 spiro atoms. The molecule has 0 saturated carbocycles. The summed E-state index contributed by atoms with van der Waals surface area (Å²) in [4.78, 5) is 0. The first kappa shape index (κ1) is 13.4. The normalized spacial score (nSPS) is 11.9. The Morgan fingerprint density at radius 1 is 1.05 bits per heavy atom. The quantitative estimate of drug-likeness (QED) is 0.835. The number of nitrogens with two attached hydrogens (primary N) is 1. The van der Waals surface area contributed by atoms with E-state index in [1.165, 1.54) is 5.56 Å². The van der Waals surface area contributed by atoms with Gasteiger partial charge in [-0.3, -0.25) is 0 Å². The fourth-order valence-corrected chi connectivity index (χ4v) is 2.08. The summed E-state index contributed by atoms with van der Waals surface area (Å²) < 4.78 is 5.34. The molecule has 3 heteroatoms. The van der Waals surface area contributed by atoms with Crippen molar-refractivity contribution in [2.24, 2.45) is 5.73 Å². The lowest BCUT2D eigenvalue weighted by molar-refractivity contribution is 0.416. The SMILES string of the molecule is COc1ccccc1NC(CN)Cc1ccccc1. The molecule has 0 aliphatic carbocycles. The van der Waals surface area contributed by atoms with Gasteiger partial charge in [-0.25, -0.2) is 0 Å². The summed E-state index contributed by atoms with van der Waals surface area (Å²) in [7, 11) is 1.68. The molecule has 0 bridgehead atoms. The van der Waals surface area contributed by atoms with E-state index in [-0.39, 0.29) is 6.04 Å². The Labute approximate surface area is 114 Å². The largest absolute Gasteiger partial charge is 0.495 e. The van der Waals surface area contributed by atoms with Gasteiger partial charge in [0.15, 0.2) is 0 Å². The van der Waals surface area contributed by atoms with Gasteiger partial charge in [-0.2, -0.15) is 0 Å². The summed E-state index contributed by atoms with van der Waals surface area (Å²) in [5.41, 5.74) is 8.12. The van der Waals surface area contributed by atoms with Crippen LogP contribution in [0.1, 0.15) is 5.56 Å². The van der Waals surface area contributed by atoms with Gasteiger partial charge < -0.3 is 15.8 Å². The summed E-state index contributed by atoms with van der Waals surface area (Å²) in [5, 5.41) is 3.45. The van der Waals surface area contributed by atoms with Crippen LogP contribution in [0.15, 0.2) is 54.6 Å². The molecule has 2 rings (SSSR count). The highest BCUT2D eigenvalue weighted by Gasteiger charge is 2.10. The van der Waals surface area contributed by atoms with Gasteiger partial charge in [-0.05, 0) is 24.1 Å². The first-order chi connectivity index (χ1) is 9.33. The molecule has 0 saturated heterocycles. The van der Waals surface area contributed by atoms with Gasteiger partial charge >= 0.3 is 0 Å². The number of anilines is 1. The fourth-order valence-electron chi connectivity index (χ4n) is 2.08. The molecule has 1 unspecified atom stereocenters. The topological polar surface area (TPSA) is 47.3 Å². The van der Waals surface area contributed by atoms with Crippen LogP contribution < -0.4 is 15.8 Å². The summed E-state index contributed by atoms with van der Waals surface area (Å²) in [6.07, 6.45) is 0.898. The van der Waals surface area contributed by atoms with Gasteiger partial charge in [0.05, 0.1) is 12.8 Å². The Hall–Kier alpha value is -2.00. The third kappa shape index (κ3) is 3.73. The van der Waals surface area contributed by atoms with Crippen LogP contribution in [0, 0.1) is 0 Å². The molecular formula is C16H20N2O. The third-order valence-corrected chi connectivity index (χ3v) is 3.08. The summed E-state index contributed by atoms with van der Waals surface area (Å²) >= 11 is 0. The molecule has 3 nitrogen and oxygen atoms in total. The highest BCUT2D eigenvalue weighted by molar-refractivity contribution is 5.56. The molecule has 0 heterocycles. The zero-order chi connectivity index (χ0) is 13.5. The van der Waals surface area contributed by atoms with Crippen molar-refractivity contribution >= 4 is 5.69 Å². The summed E-state index contributed by atoms with van der Waals surface area (Å²) in [6, 6.07) is 18.4. The van der Waals surface area contributed by atoms with Crippen LogP contribution in [0.3, 0.4) is 0 Å². The first-order valence-corrected chi connectivity index (χ1v) is 6.47. The second kappa shape index (κ2) is 6.81. The van der Waals surface area contributed by atoms with Gasteiger partial charge in [-0.15, -0.1) is 0 Å². The van der Waals surface area contributed by atoms with Gasteiger partial charge in [0.1, 0.15) is 5.75 Å². The molecule has 0 radical (unpaired) electrons. The lowest BCUT2D eigenvalue weighted by atomic mass is 10.1. The van der Waals surface area contributed by atoms with Crippen molar-refractivity contribution in [1.82, 2.24) is 0 Å². The van der Waals surface area contributed by atoms with Crippen LogP contribution in [0.5, 0.6) is 5.75 Å². The third-order valence-electron chi connectivity index (χ3n) is 3.08. The molecule has 19 heavy (non-hydrogen) atoms. The Morgan fingerprint density at radius 3 is 2.42 bits per heavy atom. The molecule has 0 aliphatic rings. The van der Waals surface area contributed by atoms with Gasteiger partial charge in [0.2, 0.25) is 0 Å². The van der Waals surface area contributed by atoms with Crippen molar-refractivity contribution in [2.75, 3.05) is 19.0 Å². The van der Waals surface area contributed by atoms with E-state index in [0.29, 0.717) is 6.54 Å². The molecule has 1 atom stereocenters. The average Bonchev–Trinajstić information content (AvgIpc) is 2.48. The molecule has 100 valence electrons. The number of benzene rings is 2. The number of rotatable bonds is 6. The number of hydrogen-bond acceptors (Lipinski definition) is 3. The van der Waals surface area contributed by atoms with E-state index in [1.807, 2.05) is 42.5 Å². The summed E-state index contributed by atoms with van der Waals surface area (Å²) in [6.45, 7) is 0.576. The number of hydrogen-bond donors (Lipinski definition) is 2. The maximum atomic E-state index is 5.86. The van der Waals surface area contributed by atoms with Crippen LogP contribution in [0.4, 0.5) is 5.69 Å². The molecule has 3 N–H and O–H groups in total. The van der Waals surface area contributed by atoms with E-state index in [2.05, 4.69) is 17.4 Å². The van der Waals surface area contributed by atoms with Crippen molar-refractivity contribution in [3.63, 3.8) is 0 Å². The zero-order valence-corrected chi connectivity index (χ0v) is 11.2. The Morgan fingerprint density at radius 2 is 1.74 bits per heavy atom. The molecular weight excluding hydrogens is 236 g/mol. The molecule has 2 aromatic carbocycles. The second-order valence-electron chi connectivity index (χ2n) is 4.47. The fraction of sp³-hybridized carbons (Fsp3) is 0.250. The molecule has 0 aliphatic heterocycles. The number of para-hydroxylation sites is 2. The zero-order valence-electron chi connectivity index (χ0n) is 11.2. The van der Waals surface area contributed by atoms with Crippen LogP contribution >= 0.6 is 0 Å². The minimum atomic E-state index is 0.193. The van der Waals surface area contributed by atoms with Crippen LogP contribution in [-0.4, -0.2) is 19.7 Å². The molecule has 0 fully saturated rings. The van der Waals surface area contributed by atoms with Crippen LogP contribution in [0.2, 0.25) is 0 Å². The number of ether oxygens (including phenoxy) is 1. The van der Waals surface area contributed by atoms with Crippen molar-refractivity contribution < 1.29 is 4.74 Å². The number of methoxy groups -OCH3 is 1. The van der Waals surface area contributed by atoms with E-state index in [1.54, 1.807) is 7.11 Å². The maximum Gasteiger partial charge on any atom is 0.141 e. The minimum absolute atomic E-state index is 0.193. The van der Waals surface area contributed by atoms with Crippen molar-refractivity contribution in [2.45, 2.75) is 12.5 Å². The Balaban J connectivity index is 2.07. The molecule has 2 aromatic rings. The van der Waals surface area contributed by atoms with E-state index in [0.717, 1.165) is 17.9 Å². The van der Waals surface area contributed by atoms with Crippen molar-refractivity contribution in [3.8, 4) is 5.75 Å². The monoisotopic (exact) mass is 256 g/mol. The predicted octanol–water partition coefficient (Wildman–Crippen LogP) is 2.68. The Kier molecular flexibility index (Phi) is 4.81. The predicted molar refractivity (Wildman–Crippen MR) is 79.6 cm³/mol. The standard InChI is InChI=1S/C16H20N2O/c1-19-16-10-6-5-9-15(16)18-14(12-17)11-13-7-3-2-4-8-13/h2-10,14,18H,11-12,17H2,1H3.